The maximum absolute atomic E-state index is 2.50. The van der Waals surface area contributed by atoms with E-state index in [1.165, 1.54) is 29.6 Å². The molecule has 0 saturated carbocycles. The van der Waals surface area contributed by atoms with Crippen molar-refractivity contribution in [3.8, 4) is 0 Å². The molecule has 3 rings (SSSR count). The monoisotopic (exact) mass is 268 g/mol. The van der Waals surface area contributed by atoms with Crippen molar-refractivity contribution in [1.82, 2.24) is 9.47 Å². The predicted octanol–water partition coefficient (Wildman–Crippen LogP) is 3.76. The van der Waals surface area contributed by atoms with Gasteiger partial charge in [-0.05, 0) is 44.8 Å². The third-order valence-corrected chi connectivity index (χ3v) is 5.00. The van der Waals surface area contributed by atoms with Crippen LogP contribution in [0.4, 0.5) is 0 Å². The highest BCUT2D eigenvalue weighted by molar-refractivity contribution is 5.81. The third-order valence-electron chi connectivity index (χ3n) is 5.00. The number of fused-ring (bicyclic) bond motifs is 1. The summed E-state index contributed by atoms with van der Waals surface area (Å²) in [4.78, 5) is 2.50. The summed E-state index contributed by atoms with van der Waals surface area (Å²) < 4.78 is 2.35. The molecule has 0 radical (unpaired) electrons. The fourth-order valence-corrected chi connectivity index (χ4v) is 3.36. The van der Waals surface area contributed by atoms with Crippen molar-refractivity contribution in [3.63, 3.8) is 0 Å². The van der Waals surface area contributed by atoms with E-state index < -0.39 is 0 Å². The molecule has 1 unspecified atom stereocenters. The van der Waals surface area contributed by atoms with Gasteiger partial charge in [0.1, 0.15) is 0 Å². The molecule has 2 aromatic rings. The number of aryl methyl sites for hydroxylation is 1. The summed E-state index contributed by atoms with van der Waals surface area (Å²) in [7, 11) is 4.44. The standard InChI is InChI=1S/C18H24N2/c1-13-9-10-19(3)18(14(13)2)12-16-11-15-7-5-6-8-17(15)20(16)4/h5-8,11,18H,9-10,12H2,1-4H3. The molecule has 0 spiro atoms. The first-order chi connectivity index (χ1) is 9.58. The van der Waals surface area contributed by atoms with Gasteiger partial charge in [-0.3, -0.25) is 4.90 Å². The maximum Gasteiger partial charge on any atom is 0.0479 e. The minimum Gasteiger partial charge on any atom is -0.348 e. The van der Waals surface area contributed by atoms with Crippen LogP contribution >= 0.6 is 0 Å². The van der Waals surface area contributed by atoms with Gasteiger partial charge < -0.3 is 4.57 Å². The zero-order chi connectivity index (χ0) is 14.3. The Hall–Kier alpha value is -1.54. The van der Waals surface area contributed by atoms with Gasteiger partial charge in [0.15, 0.2) is 0 Å². The largest absolute Gasteiger partial charge is 0.348 e. The quantitative estimate of drug-likeness (QED) is 0.753. The molecule has 0 amide bonds. The Kier molecular flexibility index (Phi) is 3.43. The Morgan fingerprint density at radius 1 is 1.15 bits per heavy atom. The Bertz CT molecular complexity index is 663. The lowest BCUT2D eigenvalue weighted by Crippen LogP contribution is -2.39. The van der Waals surface area contributed by atoms with Gasteiger partial charge >= 0.3 is 0 Å². The molecule has 20 heavy (non-hydrogen) atoms. The van der Waals surface area contributed by atoms with Crippen molar-refractivity contribution in [2.24, 2.45) is 7.05 Å². The SMILES string of the molecule is CC1=C(C)C(Cc2cc3ccccc3n2C)N(C)CC1. The summed E-state index contributed by atoms with van der Waals surface area (Å²) in [5.41, 5.74) is 5.90. The van der Waals surface area contributed by atoms with Crippen molar-refractivity contribution in [2.75, 3.05) is 13.6 Å². The number of hydrogen-bond donors (Lipinski definition) is 0. The van der Waals surface area contributed by atoms with E-state index in [2.05, 4.69) is 67.7 Å². The zero-order valence-corrected chi connectivity index (χ0v) is 13.0. The summed E-state index contributed by atoms with van der Waals surface area (Å²) in [5, 5.41) is 1.35. The fraction of sp³-hybridized carbons (Fsp3) is 0.444. The highest BCUT2D eigenvalue weighted by atomic mass is 15.1. The Labute approximate surface area is 121 Å². The first-order valence-corrected chi connectivity index (χ1v) is 7.47. The van der Waals surface area contributed by atoms with Crippen molar-refractivity contribution in [1.29, 1.82) is 0 Å². The Balaban J connectivity index is 1.96. The zero-order valence-electron chi connectivity index (χ0n) is 13.0. The van der Waals surface area contributed by atoms with Gasteiger partial charge in [-0.15, -0.1) is 0 Å². The molecule has 1 aromatic heterocycles. The maximum atomic E-state index is 2.50. The number of likely N-dealkylation sites (N-methyl/N-ethyl adjacent to an activating group) is 1. The van der Waals surface area contributed by atoms with Gasteiger partial charge in [-0.25, -0.2) is 0 Å². The molecule has 1 atom stereocenters. The topological polar surface area (TPSA) is 8.17 Å². The molecule has 1 aliphatic rings. The van der Waals surface area contributed by atoms with Crippen LogP contribution in [0.2, 0.25) is 0 Å². The van der Waals surface area contributed by atoms with Gasteiger partial charge in [0.05, 0.1) is 0 Å². The van der Waals surface area contributed by atoms with E-state index in [1.807, 2.05) is 0 Å². The Morgan fingerprint density at radius 3 is 2.65 bits per heavy atom. The van der Waals surface area contributed by atoms with Crippen LogP contribution < -0.4 is 0 Å². The van der Waals surface area contributed by atoms with E-state index in [4.69, 9.17) is 0 Å². The van der Waals surface area contributed by atoms with Crippen LogP contribution in [0.5, 0.6) is 0 Å². The van der Waals surface area contributed by atoms with E-state index in [0.717, 1.165) is 6.42 Å². The summed E-state index contributed by atoms with van der Waals surface area (Å²) >= 11 is 0. The smallest absolute Gasteiger partial charge is 0.0479 e. The van der Waals surface area contributed by atoms with Gasteiger partial charge in [-0.1, -0.05) is 29.3 Å². The molecule has 1 aliphatic heterocycles. The summed E-state index contributed by atoms with van der Waals surface area (Å²) in [6, 6.07) is 11.5. The minimum absolute atomic E-state index is 0.548. The average Bonchev–Trinajstić information content (AvgIpc) is 2.76. The first-order valence-electron chi connectivity index (χ1n) is 7.47. The molecule has 0 N–H and O–H groups in total. The van der Waals surface area contributed by atoms with Crippen molar-refractivity contribution < 1.29 is 0 Å². The van der Waals surface area contributed by atoms with Crippen LogP contribution in [0, 0.1) is 0 Å². The number of rotatable bonds is 2. The lowest BCUT2D eigenvalue weighted by Gasteiger charge is -2.34. The van der Waals surface area contributed by atoms with E-state index in [9.17, 15) is 0 Å². The van der Waals surface area contributed by atoms with Crippen LogP contribution in [0.3, 0.4) is 0 Å². The third kappa shape index (κ3) is 2.18. The van der Waals surface area contributed by atoms with E-state index in [-0.39, 0.29) is 0 Å². The fourth-order valence-electron chi connectivity index (χ4n) is 3.36. The number of aromatic nitrogens is 1. The van der Waals surface area contributed by atoms with Crippen molar-refractivity contribution >= 4 is 10.9 Å². The summed E-state index contributed by atoms with van der Waals surface area (Å²) in [6.07, 6.45) is 2.32. The molecule has 106 valence electrons. The van der Waals surface area contributed by atoms with E-state index in [1.54, 1.807) is 11.1 Å². The number of hydrogen-bond acceptors (Lipinski definition) is 1. The van der Waals surface area contributed by atoms with E-state index in [0.29, 0.717) is 6.04 Å². The first kappa shape index (κ1) is 13.4. The summed E-state index contributed by atoms with van der Waals surface area (Å²) in [5.74, 6) is 0. The molecule has 0 bridgehead atoms. The number of nitrogens with zero attached hydrogens (tertiary/aromatic N) is 2. The van der Waals surface area contributed by atoms with Gasteiger partial charge in [0, 0.05) is 37.3 Å². The molecular formula is C18H24N2. The van der Waals surface area contributed by atoms with Crippen LogP contribution in [0.15, 0.2) is 41.5 Å². The molecule has 2 heteroatoms. The molecule has 0 aliphatic carbocycles. The second kappa shape index (κ2) is 5.10. The van der Waals surface area contributed by atoms with Crippen LogP contribution in [0.25, 0.3) is 10.9 Å². The van der Waals surface area contributed by atoms with Gasteiger partial charge in [0.25, 0.3) is 0 Å². The lowest BCUT2D eigenvalue weighted by molar-refractivity contribution is 0.253. The molecule has 2 heterocycles. The molecule has 0 saturated heterocycles. The minimum atomic E-state index is 0.548. The number of para-hydroxylation sites is 1. The van der Waals surface area contributed by atoms with Crippen molar-refractivity contribution in [2.45, 2.75) is 32.7 Å². The number of benzene rings is 1. The lowest BCUT2D eigenvalue weighted by atomic mass is 9.92. The highest BCUT2D eigenvalue weighted by Gasteiger charge is 2.24. The normalized spacial score (nSPS) is 20.9. The molecular weight excluding hydrogens is 244 g/mol. The van der Waals surface area contributed by atoms with Crippen LogP contribution in [0.1, 0.15) is 26.0 Å². The predicted molar refractivity (Wildman–Crippen MR) is 86.0 cm³/mol. The Morgan fingerprint density at radius 2 is 1.90 bits per heavy atom. The van der Waals surface area contributed by atoms with Gasteiger partial charge in [-0.2, -0.15) is 0 Å². The van der Waals surface area contributed by atoms with Crippen LogP contribution in [-0.2, 0) is 13.5 Å². The molecule has 1 aromatic carbocycles. The second-order valence-corrected chi connectivity index (χ2v) is 6.17. The van der Waals surface area contributed by atoms with Crippen molar-refractivity contribution in [3.05, 3.63) is 47.2 Å². The highest BCUT2D eigenvalue weighted by Crippen LogP contribution is 2.27. The molecule has 2 nitrogen and oxygen atoms in total. The summed E-state index contributed by atoms with van der Waals surface area (Å²) in [6.45, 7) is 5.77. The van der Waals surface area contributed by atoms with Gasteiger partial charge in [0.2, 0.25) is 0 Å². The second-order valence-electron chi connectivity index (χ2n) is 6.17. The average molecular weight is 268 g/mol. The molecule has 0 fully saturated rings. The van der Waals surface area contributed by atoms with E-state index >= 15 is 0 Å². The van der Waals surface area contributed by atoms with Crippen LogP contribution in [-0.4, -0.2) is 29.1 Å².